The second-order valence-electron chi connectivity index (χ2n) is 6.73. The van der Waals surface area contributed by atoms with E-state index in [0.29, 0.717) is 18.1 Å². The Bertz CT molecular complexity index is 462. The van der Waals surface area contributed by atoms with Gasteiger partial charge in [0, 0.05) is 24.7 Å². The van der Waals surface area contributed by atoms with Crippen LogP contribution in [0.5, 0.6) is 0 Å². The average molecular weight is 288 g/mol. The highest BCUT2D eigenvalue weighted by atomic mass is 16.3. The number of piperidine rings is 1. The Morgan fingerprint density at radius 2 is 1.90 bits per heavy atom. The number of hydrogen-bond donors (Lipinski definition) is 2. The minimum absolute atomic E-state index is 0.0600. The molecule has 2 fully saturated rings. The summed E-state index contributed by atoms with van der Waals surface area (Å²) in [4.78, 5) is 2.66. The highest BCUT2D eigenvalue weighted by molar-refractivity contribution is 5.28. The van der Waals surface area contributed by atoms with Crippen LogP contribution in [0.1, 0.15) is 49.3 Å². The normalized spacial score (nSPS) is 30.5. The Labute approximate surface area is 128 Å². The molecule has 3 atom stereocenters. The van der Waals surface area contributed by atoms with E-state index in [4.69, 9.17) is 0 Å². The van der Waals surface area contributed by atoms with Gasteiger partial charge >= 0.3 is 0 Å². The van der Waals surface area contributed by atoms with Gasteiger partial charge in [0.2, 0.25) is 0 Å². The molecule has 1 aromatic carbocycles. The third-order valence-electron chi connectivity index (χ3n) is 5.45. The summed E-state index contributed by atoms with van der Waals surface area (Å²) in [6, 6.07) is 10.3. The Balaban J connectivity index is 1.63. The van der Waals surface area contributed by atoms with E-state index in [1.165, 1.54) is 24.0 Å². The zero-order valence-electron chi connectivity index (χ0n) is 13.3. The molecule has 2 saturated heterocycles. The molecule has 3 unspecified atom stereocenters. The van der Waals surface area contributed by atoms with Gasteiger partial charge in [-0.25, -0.2) is 0 Å². The first-order valence-electron chi connectivity index (χ1n) is 8.35. The number of fused-ring (bicyclic) bond motifs is 2. The monoisotopic (exact) mass is 288 g/mol. The van der Waals surface area contributed by atoms with Gasteiger partial charge < -0.3 is 10.4 Å². The van der Waals surface area contributed by atoms with Gasteiger partial charge in [0.15, 0.2) is 0 Å². The molecular weight excluding hydrogens is 260 g/mol. The predicted octanol–water partition coefficient (Wildman–Crippen LogP) is 2.63. The number of rotatable bonds is 5. The minimum atomic E-state index is -0.0600. The average Bonchev–Trinajstić information content (AvgIpc) is 2.72. The first-order valence-corrected chi connectivity index (χ1v) is 8.35. The van der Waals surface area contributed by atoms with Gasteiger partial charge in [0.1, 0.15) is 0 Å². The number of aliphatic hydroxyl groups is 1. The maximum Gasteiger partial charge on any atom is 0.0570 e. The fraction of sp³-hybridized carbons (Fsp3) is 0.667. The largest absolute Gasteiger partial charge is 0.393 e. The Hall–Kier alpha value is -0.900. The molecule has 0 spiro atoms. The predicted molar refractivity (Wildman–Crippen MR) is 86.4 cm³/mol. The molecule has 3 nitrogen and oxygen atoms in total. The number of hydrogen-bond acceptors (Lipinski definition) is 3. The molecule has 0 aliphatic carbocycles. The molecule has 3 rings (SSSR count). The first kappa shape index (κ1) is 15.0. The lowest BCUT2D eigenvalue weighted by Crippen LogP contribution is -2.45. The molecule has 0 aromatic heterocycles. The third kappa shape index (κ3) is 3.15. The van der Waals surface area contributed by atoms with Crippen molar-refractivity contribution in [2.24, 2.45) is 0 Å². The highest BCUT2D eigenvalue weighted by Crippen LogP contribution is 2.36. The second-order valence-corrected chi connectivity index (χ2v) is 6.73. The molecular formula is C18H28N2O. The van der Waals surface area contributed by atoms with Crippen LogP contribution in [-0.4, -0.2) is 41.8 Å². The van der Waals surface area contributed by atoms with Crippen molar-refractivity contribution in [2.45, 2.75) is 63.3 Å². The van der Waals surface area contributed by atoms with Crippen molar-refractivity contribution < 1.29 is 5.11 Å². The van der Waals surface area contributed by atoms with E-state index in [0.717, 1.165) is 25.8 Å². The molecule has 1 aromatic rings. The number of nitrogens with one attached hydrogen (secondary N) is 1. The number of aliphatic hydroxyl groups excluding tert-OH is 1. The van der Waals surface area contributed by atoms with Crippen LogP contribution in [0.2, 0.25) is 0 Å². The van der Waals surface area contributed by atoms with Gasteiger partial charge in [-0.2, -0.15) is 0 Å². The minimum Gasteiger partial charge on any atom is -0.393 e. The lowest BCUT2D eigenvalue weighted by atomic mass is 9.96. The third-order valence-corrected chi connectivity index (χ3v) is 5.45. The zero-order chi connectivity index (χ0) is 14.8. The van der Waals surface area contributed by atoms with E-state index >= 15 is 0 Å². The summed E-state index contributed by atoms with van der Waals surface area (Å²) < 4.78 is 0. The Morgan fingerprint density at radius 1 is 1.24 bits per heavy atom. The lowest BCUT2D eigenvalue weighted by molar-refractivity contribution is 0.0336. The van der Waals surface area contributed by atoms with Crippen molar-refractivity contribution in [3.8, 4) is 0 Å². The Morgan fingerprint density at radius 3 is 2.52 bits per heavy atom. The van der Waals surface area contributed by atoms with Crippen molar-refractivity contribution in [3.63, 3.8) is 0 Å². The first-order chi connectivity index (χ1) is 10.2. The maximum atomic E-state index is 9.91. The smallest absolute Gasteiger partial charge is 0.0570 e. The van der Waals surface area contributed by atoms with Gasteiger partial charge in [-0.3, -0.25) is 4.90 Å². The molecule has 116 valence electrons. The summed E-state index contributed by atoms with van der Waals surface area (Å²) in [6.45, 7) is 3.34. The van der Waals surface area contributed by atoms with Crippen LogP contribution >= 0.6 is 0 Å². The SMILES string of the molecule is CNC(CCN1C2CCC1CC(O)C2)c1ccccc1C. The molecule has 2 bridgehead atoms. The summed E-state index contributed by atoms with van der Waals surface area (Å²) in [5, 5.41) is 13.4. The topological polar surface area (TPSA) is 35.5 Å². The van der Waals surface area contributed by atoms with E-state index in [9.17, 15) is 5.11 Å². The maximum absolute atomic E-state index is 9.91. The van der Waals surface area contributed by atoms with Gasteiger partial charge in [-0.05, 0) is 57.2 Å². The van der Waals surface area contributed by atoms with Crippen LogP contribution in [0, 0.1) is 6.92 Å². The van der Waals surface area contributed by atoms with Gasteiger partial charge in [-0.15, -0.1) is 0 Å². The van der Waals surface area contributed by atoms with Crippen LogP contribution < -0.4 is 5.32 Å². The van der Waals surface area contributed by atoms with Crippen LogP contribution in [0.25, 0.3) is 0 Å². The fourth-order valence-electron chi connectivity index (χ4n) is 4.32. The standard InChI is InChI=1S/C18H28N2O/c1-13-5-3-4-6-17(13)18(19-2)9-10-20-14-7-8-15(20)12-16(21)11-14/h3-6,14-16,18-19,21H,7-12H2,1-2H3. The van der Waals surface area contributed by atoms with Crippen molar-refractivity contribution in [1.82, 2.24) is 10.2 Å². The van der Waals surface area contributed by atoms with Crippen molar-refractivity contribution >= 4 is 0 Å². The Kier molecular flexibility index (Phi) is 4.63. The molecule has 3 heteroatoms. The van der Waals surface area contributed by atoms with Crippen molar-refractivity contribution in [3.05, 3.63) is 35.4 Å². The van der Waals surface area contributed by atoms with Gasteiger partial charge in [-0.1, -0.05) is 24.3 Å². The second kappa shape index (κ2) is 6.47. The van der Waals surface area contributed by atoms with Crippen molar-refractivity contribution in [1.29, 1.82) is 0 Å². The molecule has 0 radical (unpaired) electrons. The summed E-state index contributed by atoms with van der Waals surface area (Å²) in [6.07, 6.45) is 5.59. The van der Waals surface area contributed by atoms with Gasteiger partial charge in [0.25, 0.3) is 0 Å². The molecule has 2 aliphatic heterocycles. The molecule has 21 heavy (non-hydrogen) atoms. The summed E-state index contributed by atoms with van der Waals surface area (Å²) in [5.74, 6) is 0. The van der Waals surface area contributed by atoms with E-state index in [-0.39, 0.29) is 6.10 Å². The molecule has 2 N–H and O–H groups in total. The molecule has 0 saturated carbocycles. The summed E-state index contributed by atoms with van der Waals surface area (Å²) in [7, 11) is 2.06. The quantitative estimate of drug-likeness (QED) is 0.874. The van der Waals surface area contributed by atoms with Crippen LogP contribution in [0.4, 0.5) is 0 Å². The number of nitrogens with zero attached hydrogens (tertiary/aromatic N) is 1. The van der Waals surface area contributed by atoms with Gasteiger partial charge in [0.05, 0.1) is 6.10 Å². The summed E-state index contributed by atoms with van der Waals surface area (Å²) >= 11 is 0. The fourth-order valence-corrected chi connectivity index (χ4v) is 4.32. The lowest BCUT2D eigenvalue weighted by Gasteiger charge is -2.38. The van der Waals surface area contributed by atoms with E-state index in [1.807, 2.05) is 0 Å². The molecule has 2 aliphatic rings. The highest BCUT2D eigenvalue weighted by Gasteiger charge is 2.39. The van der Waals surface area contributed by atoms with E-state index in [1.54, 1.807) is 0 Å². The summed E-state index contributed by atoms with van der Waals surface area (Å²) in [5.41, 5.74) is 2.79. The van der Waals surface area contributed by atoms with Crippen molar-refractivity contribution in [2.75, 3.05) is 13.6 Å². The number of benzene rings is 1. The van der Waals surface area contributed by atoms with E-state index in [2.05, 4.69) is 48.5 Å². The van der Waals surface area contributed by atoms with Crippen LogP contribution in [-0.2, 0) is 0 Å². The zero-order valence-corrected chi connectivity index (χ0v) is 13.3. The van der Waals surface area contributed by atoms with E-state index < -0.39 is 0 Å². The number of aryl methyl sites for hydroxylation is 1. The van der Waals surface area contributed by atoms with Crippen LogP contribution in [0.15, 0.2) is 24.3 Å². The molecule has 2 heterocycles. The molecule has 0 amide bonds. The van der Waals surface area contributed by atoms with Crippen LogP contribution in [0.3, 0.4) is 0 Å².